The van der Waals surface area contributed by atoms with Gasteiger partial charge >= 0.3 is 5.97 Å². The van der Waals surface area contributed by atoms with Crippen LogP contribution in [0.25, 0.3) is 0 Å². The van der Waals surface area contributed by atoms with Gasteiger partial charge in [0.2, 0.25) is 0 Å². The molecule has 1 aromatic carbocycles. The SMILES string of the molecule is CCc1cc(C(=O)O)ccc1[C@H](C)N. The van der Waals surface area contributed by atoms with Crippen molar-refractivity contribution in [1.82, 2.24) is 0 Å². The molecule has 1 rings (SSSR count). The summed E-state index contributed by atoms with van der Waals surface area (Å²) in [6, 6.07) is 5.04. The van der Waals surface area contributed by atoms with Gasteiger partial charge in [-0.3, -0.25) is 0 Å². The minimum atomic E-state index is -0.893. The van der Waals surface area contributed by atoms with Gasteiger partial charge in [-0.25, -0.2) is 4.79 Å². The Labute approximate surface area is 83.6 Å². The molecule has 1 atom stereocenters. The van der Waals surface area contributed by atoms with E-state index >= 15 is 0 Å². The number of hydrogen-bond donors (Lipinski definition) is 2. The van der Waals surface area contributed by atoms with Crippen molar-refractivity contribution in [3.63, 3.8) is 0 Å². The van der Waals surface area contributed by atoms with Crippen molar-refractivity contribution >= 4 is 5.97 Å². The molecule has 76 valence electrons. The zero-order chi connectivity index (χ0) is 10.7. The molecule has 0 amide bonds. The van der Waals surface area contributed by atoms with Gasteiger partial charge in [-0.05, 0) is 36.6 Å². The first-order valence-electron chi connectivity index (χ1n) is 4.68. The molecule has 0 saturated carbocycles. The van der Waals surface area contributed by atoms with Crippen LogP contribution in [-0.4, -0.2) is 11.1 Å². The Morgan fingerprint density at radius 1 is 1.57 bits per heavy atom. The molecule has 0 aromatic heterocycles. The largest absolute Gasteiger partial charge is 0.478 e. The van der Waals surface area contributed by atoms with Gasteiger partial charge in [0.25, 0.3) is 0 Å². The van der Waals surface area contributed by atoms with E-state index in [0.29, 0.717) is 5.56 Å². The topological polar surface area (TPSA) is 63.3 Å². The third kappa shape index (κ3) is 2.12. The van der Waals surface area contributed by atoms with E-state index in [1.165, 1.54) is 0 Å². The second kappa shape index (κ2) is 4.24. The van der Waals surface area contributed by atoms with Crippen LogP contribution in [0.4, 0.5) is 0 Å². The fourth-order valence-electron chi connectivity index (χ4n) is 1.49. The highest BCUT2D eigenvalue weighted by atomic mass is 16.4. The van der Waals surface area contributed by atoms with Crippen molar-refractivity contribution in [3.05, 3.63) is 34.9 Å². The van der Waals surface area contributed by atoms with Crippen molar-refractivity contribution in [2.45, 2.75) is 26.3 Å². The van der Waals surface area contributed by atoms with E-state index in [1.54, 1.807) is 18.2 Å². The molecule has 3 N–H and O–H groups in total. The summed E-state index contributed by atoms with van der Waals surface area (Å²) in [7, 11) is 0. The van der Waals surface area contributed by atoms with E-state index in [9.17, 15) is 4.79 Å². The van der Waals surface area contributed by atoms with E-state index in [1.807, 2.05) is 13.8 Å². The Balaban J connectivity index is 3.18. The first kappa shape index (κ1) is 10.7. The second-order valence-electron chi connectivity index (χ2n) is 3.36. The van der Waals surface area contributed by atoms with Crippen molar-refractivity contribution in [1.29, 1.82) is 0 Å². The number of hydrogen-bond acceptors (Lipinski definition) is 2. The van der Waals surface area contributed by atoms with Gasteiger partial charge in [-0.1, -0.05) is 13.0 Å². The molecule has 1 aromatic rings. The fourth-order valence-corrected chi connectivity index (χ4v) is 1.49. The third-order valence-electron chi connectivity index (χ3n) is 2.26. The molecule has 0 unspecified atom stereocenters. The number of carboxylic acid groups (broad SMARTS) is 1. The van der Waals surface area contributed by atoms with Crippen molar-refractivity contribution in [2.24, 2.45) is 5.73 Å². The Hall–Kier alpha value is -1.35. The Morgan fingerprint density at radius 2 is 2.21 bits per heavy atom. The maximum atomic E-state index is 10.7. The zero-order valence-corrected chi connectivity index (χ0v) is 8.45. The molecule has 0 aliphatic heterocycles. The van der Waals surface area contributed by atoms with Crippen molar-refractivity contribution in [3.8, 4) is 0 Å². The van der Waals surface area contributed by atoms with Crippen LogP contribution in [0.1, 0.15) is 41.4 Å². The molecule has 3 heteroatoms. The van der Waals surface area contributed by atoms with Crippen LogP contribution in [-0.2, 0) is 6.42 Å². The lowest BCUT2D eigenvalue weighted by Crippen LogP contribution is -2.09. The van der Waals surface area contributed by atoms with Crippen LogP contribution >= 0.6 is 0 Å². The van der Waals surface area contributed by atoms with Crippen LogP contribution in [0.15, 0.2) is 18.2 Å². The van der Waals surface area contributed by atoms with E-state index in [2.05, 4.69) is 0 Å². The summed E-state index contributed by atoms with van der Waals surface area (Å²) in [6.07, 6.45) is 0.804. The van der Waals surface area contributed by atoms with E-state index in [4.69, 9.17) is 10.8 Å². The van der Waals surface area contributed by atoms with Gasteiger partial charge in [-0.15, -0.1) is 0 Å². The average Bonchev–Trinajstić information content (AvgIpc) is 2.16. The summed E-state index contributed by atoms with van der Waals surface area (Å²) in [6.45, 7) is 3.89. The minimum Gasteiger partial charge on any atom is -0.478 e. The predicted octanol–water partition coefficient (Wildman–Crippen LogP) is 1.97. The summed E-state index contributed by atoms with van der Waals surface area (Å²) < 4.78 is 0. The Bertz CT molecular complexity index is 345. The van der Waals surface area contributed by atoms with Gasteiger partial charge in [0.05, 0.1) is 5.56 Å². The number of aromatic carboxylic acids is 1. The van der Waals surface area contributed by atoms with Gasteiger partial charge in [0.15, 0.2) is 0 Å². The zero-order valence-electron chi connectivity index (χ0n) is 8.45. The Morgan fingerprint density at radius 3 is 2.64 bits per heavy atom. The maximum Gasteiger partial charge on any atom is 0.335 e. The molecular formula is C11H15NO2. The number of carbonyl (C=O) groups is 1. The summed E-state index contributed by atoms with van der Waals surface area (Å²) in [5, 5.41) is 8.80. The van der Waals surface area contributed by atoms with Crippen LogP contribution in [0.3, 0.4) is 0 Å². The fraction of sp³-hybridized carbons (Fsp3) is 0.364. The molecule has 0 aliphatic rings. The molecule has 0 spiro atoms. The predicted molar refractivity (Wildman–Crippen MR) is 55.4 cm³/mol. The van der Waals surface area contributed by atoms with Crippen LogP contribution < -0.4 is 5.73 Å². The highest BCUT2D eigenvalue weighted by Gasteiger charge is 2.09. The first-order chi connectivity index (χ1) is 6.56. The average molecular weight is 193 g/mol. The highest BCUT2D eigenvalue weighted by Crippen LogP contribution is 2.18. The normalized spacial score (nSPS) is 12.5. The van der Waals surface area contributed by atoms with Crippen LogP contribution in [0.5, 0.6) is 0 Å². The number of carboxylic acids is 1. The number of aryl methyl sites for hydroxylation is 1. The van der Waals surface area contributed by atoms with Crippen molar-refractivity contribution < 1.29 is 9.90 Å². The molecule has 0 aliphatic carbocycles. The number of rotatable bonds is 3. The van der Waals surface area contributed by atoms with Crippen molar-refractivity contribution in [2.75, 3.05) is 0 Å². The molecule has 0 fully saturated rings. The van der Waals surface area contributed by atoms with Gasteiger partial charge in [0.1, 0.15) is 0 Å². The molecule has 0 saturated heterocycles. The minimum absolute atomic E-state index is 0.0483. The lowest BCUT2D eigenvalue weighted by Gasteiger charge is -2.11. The second-order valence-corrected chi connectivity index (χ2v) is 3.36. The Kier molecular flexibility index (Phi) is 3.25. The third-order valence-corrected chi connectivity index (χ3v) is 2.26. The van der Waals surface area contributed by atoms with E-state index in [0.717, 1.165) is 17.5 Å². The van der Waals surface area contributed by atoms with Gasteiger partial charge < -0.3 is 10.8 Å². The standard InChI is InChI=1S/C11H15NO2/c1-3-8-6-9(11(13)14)4-5-10(8)7(2)12/h4-7H,3,12H2,1-2H3,(H,13,14)/t7-/m0/s1. The lowest BCUT2D eigenvalue weighted by molar-refractivity contribution is 0.0696. The summed E-state index contributed by atoms with van der Waals surface area (Å²) in [5.74, 6) is -0.893. The van der Waals surface area contributed by atoms with Gasteiger partial charge in [0, 0.05) is 6.04 Å². The first-order valence-corrected chi connectivity index (χ1v) is 4.68. The summed E-state index contributed by atoms with van der Waals surface area (Å²) in [4.78, 5) is 10.7. The molecule has 0 radical (unpaired) electrons. The van der Waals surface area contributed by atoms with Gasteiger partial charge in [-0.2, -0.15) is 0 Å². The highest BCUT2D eigenvalue weighted by molar-refractivity contribution is 5.87. The quantitative estimate of drug-likeness (QED) is 0.771. The molecule has 0 heterocycles. The maximum absolute atomic E-state index is 10.7. The van der Waals surface area contributed by atoms with E-state index < -0.39 is 5.97 Å². The lowest BCUT2D eigenvalue weighted by atomic mass is 9.97. The molecule has 14 heavy (non-hydrogen) atoms. The molecule has 3 nitrogen and oxygen atoms in total. The molecular weight excluding hydrogens is 178 g/mol. The molecule has 0 bridgehead atoms. The number of benzene rings is 1. The summed E-state index contributed by atoms with van der Waals surface area (Å²) >= 11 is 0. The summed E-state index contributed by atoms with van der Waals surface area (Å²) in [5.41, 5.74) is 8.13. The van der Waals surface area contributed by atoms with Crippen LogP contribution in [0.2, 0.25) is 0 Å². The monoisotopic (exact) mass is 193 g/mol. The van der Waals surface area contributed by atoms with E-state index in [-0.39, 0.29) is 6.04 Å². The van der Waals surface area contributed by atoms with Crippen LogP contribution in [0, 0.1) is 0 Å². The number of nitrogens with two attached hydrogens (primary N) is 1. The smallest absolute Gasteiger partial charge is 0.335 e.